The molecule has 0 amide bonds. The number of carbonyl (C=O) groups excluding carboxylic acids is 1. The maximum Gasteiger partial charge on any atom is 0.210 e. The standard InChI is InChI=1S/C27H46O5/c1-4-7-8-12-18-26(30,5-2)19-13-15-24-17-20-27(31,32-6-3)25(24)16-11-9-10-14-23(21-28)22-29/h5-6,24-25,28,30-31H,2-4,7-21H2,1H3/t24-,25+,26?,27?/m0/s1. The zero-order valence-corrected chi connectivity index (χ0v) is 20.2. The van der Waals surface area contributed by atoms with E-state index in [1.54, 1.807) is 12.0 Å². The van der Waals surface area contributed by atoms with Crippen LogP contribution < -0.4 is 0 Å². The second-order valence-electron chi connectivity index (χ2n) is 9.51. The van der Waals surface area contributed by atoms with Crippen LogP contribution in [0.3, 0.4) is 0 Å². The minimum Gasteiger partial charge on any atom is -0.470 e. The zero-order valence-electron chi connectivity index (χ0n) is 20.2. The van der Waals surface area contributed by atoms with Crippen LogP contribution in [-0.2, 0) is 9.53 Å². The molecule has 5 nitrogen and oxygen atoms in total. The second kappa shape index (κ2) is 15.4. The summed E-state index contributed by atoms with van der Waals surface area (Å²) in [7, 11) is 0. The summed E-state index contributed by atoms with van der Waals surface area (Å²) < 4.78 is 5.57. The Hall–Kier alpha value is -1.39. The van der Waals surface area contributed by atoms with Gasteiger partial charge >= 0.3 is 0 Å². The largest absolute Gasteiger partial charge is 0.470 e. The van der Waals surface area contributed by atoms with Crippen LogP contribution >= 0.6 is 0 Å². The topological polar surface area (TPSA) is 87.0 Å². The van der Waals surface area contributed by atoms with Crippen molar-refractivity contribution in [3.8, 4) is 0 Å². The maximum atomic E-state index is 11.1. The van der Waals surface area contributed by atoms with Crippen LogP contribution in [-0.4, -0.2) is 39.3 Å². The van der Waals surface area contributed by atoms with Crippen LogP contribution in [0.15, 0.2) is 31.1 Å². The summed E-state index contributed by atoms with van der Waals surface area (Å²) in [6.07, 6.45) is 16.5. The van der Waals surface area contributed by atoms with Crippen molar-refractivity contribution < 1.29 is 24.9 Å². The molecule has 1 rings (SSSR count). The van der Waals surface area contributed by atoms with Gasteiger partial charge in [0.2, 0.25) is 5.79 Å². The highest BCUT2D eigenvalue weighted by Crippen LogP contribution is 2.46. The molecule has 1 aliphatic carbocycles. The Labute approximate surface area is 195 Å². The van der Waals surface area contributed by atoms with Crippen molar-refractivity contribution in [2.24, 2.45) is 11.8 Å². The van der Waals surface area contributed by atoms with Crippen LogP contribution in [0.25, 0.3) is 0 Å². The third-order valence-corrected chi connectivity index (χ3v) is 7.17. The molecule has 184 valence electrons. The Morgan fingerprint density at radius 2 is 1.84 bits per heavy atom. The van der Waals surface area contributed by atoms with E-state index in [4.69, 9.17) is 9.84 Å². The van der Waals surface area contributed by atoms with Crippen molar-refractivity contribution in [1.82, 2.24) is 0 Å². The van der Waals surface area contributed by atoms with Crippen molar-refractivity contribution >= 4 is 5.94 Å². The average molecular weight is 451 g/mol. The number of unbranched alkanes of at least 4 members (excludes halogenated alkanes) is 5. The van der Waals surface area contributed by atoms with Gasteiger partial charge in [-0.05, 0) is 57.3 Å². The number of hydrogen-bond acceptors (Lipinski definition) is 5. The van der Waals surface area contributed by atoms with Crippen molar-refractivity contribution in [1.29, 1.82) is 0 Å². The van der Waals surface area contributed by atoms with Gasteiger partial charge in [-0.15, -0.1) is 6.58 Å². The lowest BCUT2D eigenvalue weighted by Gasteiger charge is -2.32. The summed E-state index contributed by atoms with van der Waals surface area (Å²) in [5.41, 5.74) is -0.383. The fraction of sp³-hybridized carbons (Fsp3) is 0.778. The summed E-state index contributed by atoms with van der Waals surface area (Å²) in [4.78, 5) is 10.7. The summed E-state index contributed by atoms with van der Waals surface area (Å²) in [6.45, 7) is 9.46. The van der Waals surface area contributed by atoms with Crippen molar-refractivity contribution in [2.45, 2.75) is 115 Å². The third kappa shape index (κ3) is 9.62. The molecule has 0 saturated heterocycles. The highest BCUT2D eigenvalue weighted by Gasteiger charge is 2.48. The van der Waals surface area contributed by atoms with E-state index in [9.17, 15) is 15.0 Å². The van der Waals surface area contributed by atoms with Crippen LogP contribution in [0.2, 0.25) is 0 Å². The van der Waals surface area contributed by atoms with Gasteiger partial charge in [-0.25, -0.2) is 4.79 Å². The molecule has 1 fully saturated rings. The molecule has 0 spiro atoms. The summed E-state index contributed by atoms with van der Waals surface area (Å²) in [5, 5.41) is 31.0. The van der Waals surface area contributed by atoms with Crippen LogP contribution in [0.4, 0.5) is 0 Å². The average Bonchev–Trinajstić information content (AvgIpc) is 3.09. The van der Waals surface area contributed by atoms with E-state index < -0.39 is 11.4 Å². The molecule has 0 aliphatic heterocycles. The Balaban J connectivity index is 2.56. The lowest BCUT2D eigenvalue weighted by Crippen LogP contribution is -2.37. The quantitative estimate of drug-likeness (QED) is 0.0781. The second-order valence-corrected chi connectivity index (χ2v) is 9.51. The first-order valence-electron chi connectivity index (χ1n) is 12.6. The Kier molecular flexibility index (Phi) is 13.8. The first kappa shape index (κ1) is 28.6. The predicted molar refractivity (Wildman–Crippen MR) is 130 cm³/mol. The van der Waals surface area contributed by atoms with Gasteiger partial charge in [0.15, 0.2) is 0 Å². The van der Waals surface area contributed by atoms with E-state index in [1.165, 1.54) is 19.1 Å². The number of aliphatic hydroxyl groups is 3. The smallest absolute Gasteiger partial charge is 0.210 e. The Morgan fingerprint density at radius 3 is 2.47 bits per heavy atom. The minimum absolute atomic E-state index is 0.0285. The van der Waals surface area contributed by atoms with Crippen molar-refractivity contribution in [3.05, 3.63) is 31.1 Å². The maximum absolute atomic E-state index is 11.1. The molecule has 0 bridgehead atoms. The zero-order chi connectivity index (χ0) is 23.9. The van der Waals surface area contributed by atoms with Gasteiger partial charge in [-0.3, -0.25) is 0 Å². The number of rotatable bonds is 19. The molecule has 0 radical (unpaired) electrons. The highest BCUT2D eigenvalue weighted by molar-refractivity contribution is 5.52. The number of aliphatic hydroxyl groups excluding tert-OH is 1. The van der Waals surface area contributed by atoms with Gasteiger partial charge in [0, 0.05) is 17.9 Å². The van der Waals surface area contributed by atoms with Crippen molar-refractivity contribution in [2.75, 3.05) is 6.61 Å². The van der Waals surface area contributed by atoms with Gasteiger partial charge in [-0.1, -0.05) is 58.1 Å². The van der Waals surface area contributed by atoms with Crippen LogP contribution in [0.5, 0.6) is 0 Å². The molecule has 32 heavy (non-hydrogen) atoms. The van der Waals surface area contributed by atoms with Gasteiger partial charge in [0.1, 0.15) is 5.94 Å². The molecule has 0 aromatic heterocycles. The molecule has 0 aromatic carbocycles. The van der Waals surface area contributed by atoms with Crippen LogP contribution in [0.1, 0.15) is 103 Å². The number of hydrogen-bond donors (Lipinski definition) is 3. The number of ether oxygens (including phenoxy) is 1. The lowest BCUT2D eigenvalue weighted by atomic mass is 9.82. The summed E-state index contributed by atoms with van der Waals surface area (Å²) in [6, 6.07) is 0. The molecular formula is C27H46O5. The van der Waals surface area contributed by atoms with E-state index in [-0.39, 0.29) is 12.5 Å². The molecule has 1 saturated carbocycles. The highest BCUT2D eigenvalue weighted by atomic mass is 16.6. The predicted octanol–water partition coefficient (Wildman–Crippen LogP) is 5.62. The molecule has 1 aliphatic rings. The van der Waals surface area contributed by atoms with E-state index >= 15 is 0 Å². The summed E-state index contributed by atoms with van der Waals surface area (Å²) >= 11 is 0. The SMILES string of the molecule is C=COC1(O)CC[C@H](CCCC(O)(C=C)CCCCCC)[C@H]1CCCCCC(=C=O)CO. The lowest BCUT2D eigenvalue weighted by molar-refractivity contribution is -0.197. The fourth-order valence-electron chi connectivity index (χ4n) is 5.14. The van der Waals surface area contributed by atoms with Gasteiger partial charge in [0.25, 0.3) is 0 Å². The van der Waals surface area contributed by atoms with E-state index in [1.807, 2.05) is 0 Å². The summed E-state index contributed by atoms with van der Waals surface area (Å²) in [5.74, 6) is 1.00. The monoisotopic (exact) mass is 450 g/mol. The van der Waals surface area contributed by atoms with Crippen LogP contribution in [0, 0.1) is 11.8 Å². The minimum atomic E-state index is -1.17. The molecular weight excluding hydrogens is 404 g/mol. The molecule has 5 heteroatoms. The molecule has 3 N–H and O–H groups in total. The Morgan fingerprint density at radius 1 is 1.12 bits per heavy atom. The van der Waals surface area contributed by atoms with Gasteiger partial charge < -0.3 is 20.1 Å². The fourth-order valence-corrected chi connectivity index (χ4v) is 5.14. The van der Waals surface area contributed by atoms with E-state index in [2.05, 4.69) is 20.1 Å². The van der Waals surface area contributed by atoms with Gasteiger partial charge in [0.05, 0.1) is 18.5 Å². The third-order valence-electron chi connectivity index (χ3n) is 7.17. The van der Waals surface area contributed by atoms with Gasteiger partial charge in [-0.2, -0.15) is 0 Å². The normalized spacial score (nSPS) is 24.5. The molecule has 0 heterocycles. The van der Waals surface area contributed by atoms with E-state index in [0.29, 0.717) is 30.8 Å². The van der Waals surface area contributed by atoms with Crippen molar-refractivity contribution in [3.63, 3.8) is 0 Å². The Bertz CT molecular complexity index is 597. The molecule has 0 aromatic rings. The molecule has 2 unspecified atom stereocenters. The molecule has 4 atom stereocenters. The first-order chi connectivity index (χ1) is 15.4. The van der Waals surface area contributed by atoms with E-state index in [0.717, 1.165) is 64.2 Å². The first-order valence-corrected chi connectivity index (χ1v) is 12.6.